The topological polar surface area (TPSA) is 59.8 Å². The molecule has 5 nitrogen and oxygen atoms in total. The van der Waals surface area contributed by atoms with Gasteiger partial charge in [0, 0.05) is 12.2 Å². The average Bonchev–Trinajstić information content (AvgIpc) is 2.91. The number of hydrogen-bond donors (Lipinski definition) is 1. The van der Waals surface area contributed by atoms with E-state index in [1.165, 1.54) is 5.56 Å². The molecule has 1 aromatic carbocycles. The molecule has 1 amide bonds. The molecule has 1 N–H and O–H groups in total. The van der Waals surface area contributed by atoms with Gasteiger partial charge in [-0.2, -0.15) is 5.10 Å². The minimum atomic E-state index is -0.0597. The number of carbonyl (C=O) groups is 1. The van der Waals surface area contributed by atoms with Crippen LogP contribution in [0.25, 0.3) is 16.7 Å². The van der Waals surface area contributed by atoms with E-state index in [1.807, 2.05) is 48.9 Å². The van der Waals surface area contributed by atoms with Crippen molar-refractivity contribution in [2.24, 2.45) is 0 Å². The van der Waals surface area contributed by atoms with Gasteiger partial charge in [-0.1, -0.05) is 31.0 Å². The molecule has 0 spiro atoms. The van der Waals surface area contributed by atoms with E-state index >= 15 is 0 Å². The standard InChI is InChI=1S/C20H24N4O/c1-5-6-11-21-20(25)17-12-14(3)22-19-18(17)15(4)23-24(19)16-9-7-13(2)8-10-16/h7-10,12H,5-6,11H2,1-4H3,(H,21,25). The Balaban J connectivity index is 2.11. The summed E-state index contributed by atoms with van der Waals surface area (Å²) in [7, 11) is 0. The van der Waals surface area contributed by atoms with Crippen LogP contribution in [0.5, 0.6) is 0 Å². The molecule has 0 radical (unpaired) electrons. The minimum absolute atomic E-state index is 0.0597. The second kappa shape index (κ2) is 7.05. The van der Waals surface area contributed by atoms with Crippen molar-refractivity contribution in [3.8, 4) is 5.69 Å². The number of fused-ring (bicyclic) bond motifs is 1. The quantitative estimate of drug-likeness (QED) is 0.719. The van der Waals surface area contributed by atoms with Crippen LogP contribution in [0, 0.1) is 20.8 Å². The second-order valence-corrected chi connectivity index (χ2v) is 6.45. The largest absolute Gasteiger partial charge is 0.352 e. The lowest BCUT2D eigenvalue weighted by molar-refractivity contribution is 0.0954. The Morgan fingerprint density at radius 1 is 1.16 bits per heavy atom. The molecule has 0 aliphatic heterocycles. The van der Waals surface area contributed by atoms with E-state index in [2.05, 4.69) is 29.2 Å². The van der Waals surface area contributed by atoms with Gasteiger partial charge in [-0.3, -0.25) is 4.79 Å². The third-order valence-electron chi connectivity index (χ3n) is 4.28. The lowest BCUT2D eigenvalue weighted by atomic mass is 10.1. The lowest BCUT2D eigenvalue weighted by Crippen LogP contribution is -2.24. The highest BCUT2D eigenvalue weighted by Crippen LogP contribution is 2.25. The van der Waals surface area contributed by atoms with Crippen LogP contribution in [-0.2, 0) is 0 Å². The van der Waals surface area contributed by atoms with E-state index in [4.69, 9.17) is 0 Å². The van der Waals surface area contributed by atoms with Gasteiger partial charge in [0.15, 0.2) is 5.65 Å². The molecule has 130 valence electrons. The molecule has 0 saturated carbocycles. The maximum atomic E-state index is 12.7. The summed E-state index contributed by atoms with van der Waals surface area (Å²) in [6, 6.07) is 9.98. The molecule has 3 aromatic rings. The molecule has 2 heterocycles. The summed E-state index contributed by atoms with van der Waals surface area (Å²) in [5.74, 6) is -0.0597. The van der Waals surface area contributed by atoms with Gasteiger partial charge in [0.25, 0.3) is 5.91 Å². The van der Waals surface area contributed by atoms with E-state index in [0.717, 1.165) is 41.0 Å². The molecule has 0 aliphatic rings. The first-order valence-electron chi connectivity index (χ1n) is 8.73. The molecular weight excluding hydrogens is 312 g/mol. The summed E-state index contributed by atoms with van der Waals surface area (Å²) < 4.78 is 1.82. The van der Waals surface area contributed by atoms with Crippen LogP contribution in [0.2, 0.25) is 0 Å². The van der Waals surface area contributed by atoms with Gasteiger partial charge in [-0.25, -0.2) is 9.67 Å². The summed E-state index contributed by atoms with van der Waals surface area (Å²) in [6.07, 6.45) is 2.02. The van der Waals surface area contributed by atoms with Crippen LogP contribution >= 0.6 is 0 Å². The molecule has 0 unspecified atom stereocenters. The summed E-state index contributed by atoms with van der Waals surface area (Å²) in [4.78, 5) is 17.3. The zero-order valence-electron chi connectivity index (χ0n) is 15.3. The van der Waals surface area contributed by atoms with Crippen molar-refractivity contribution >= 4 is 16.9 Å². The first-order chi connectivity index (χ1) is 12.0. The number of unbranched alkanes of at least 4 members (excludes halogenated alkanes) is 1. The van der Waals surface area contributed by atoms with Crippen LogP contribution in [0.15, 0.2) is 30.3 Å². The Morgan fingerprint density at radius 3 is 2.56 bits per heavy atom. The highest BCUT2D eigenvalue weighted by molar-refractivity contribution is 6.06. The van der Waals surface area contributed by atoms with Crippen molar-refractivity contribution in [3.63, 3.8) is 0 Å². The monoisotopic (exact) mass is 336 g/mol. The number of aromatic nitrogens is 3. The Bertz CT molecular complexity index is 910. The highest BCUT2D eigenvalue weighted by Gasteiger charge is 2.19. The molecule has 25 heavy (non-hydrogen) atoms. The second-order valence-electron chi connectivity index (χ2n) is 6.45. The first-order valence-corrected chi connectivity index (χ1v) is 8.73. The number of benzene rings is 1. The Labute approximate surface area is 148 Å². The number of rotatable bonds is 5. The molecule has 0 fully saturated rings. The van der Waals surface area contributed by atoms with Gasteiger partial charge < -0.3 is 5.32 Å². The Kier molecular flexibility index (Phi) is 4.83. The average molecular weight is 336 g/mol. The number of hydrogen-bond acceptors (Lipinski definition) is 3. The van der Waals surface area contributed by atoms with E-state index in [-0.39, 0.29) is 5.91 Å². The predicted octanol–water partition coefficient (Wildman–Crippen LogP) is 3.88. The predicted molar refractivity (Wildman–Crippen MR) is 100 cm³/mol. The number of pyridine rings is 1. The SMILES string of the molecule is CCCCNC(=O)c1cc(C)nc2c1c(C)nn2-c1ccc(C)cc1. The molecule has 0 aliphatic carbocycles. The number of nitrogens with one attached hydrogen (secondary N) is 1. The zero-order valence-corrected chi connectivity index (χ0v) is 15.3. The smallest absolute Gasteiger partial charge is 0.252 e. The van der Waals surface area contributed by atoms with Gasteiger partial charge in [0.1, 0.15) is 0 Å². The van der Waals surface area contributed by atoms with Crippen molar-refractivity contribution < 1.29 is 4.79 Å². The Hall–Kier alpha value is -2.69. The number of carbonyl (C=O) groups excluding carboxylic acids is 1. The molecule has 0 bridgehead atoms. The van der Waals surface area contributed by atoms with Gasteiger partial charge in [-0.15, -0.1) is 0 Å². The summed E-state index contributed by atoms with van der Waals surface area (Å²) in [6.45, 7) is 8.67. The van der Waals surface area contributed by atoms with Crippen LogP contribution in [-0.4, -0.2) is 27.2 Å². The van der Waals surface area contributed by atoms with Crippen molar-refractivity contribution in [1.82, 2.24) is 20.1 Å². The number of aryl methyl sites for hydroxylation is 3. The number of nitrogens with zero attached hydrogens (tertiary/aromatic N) is 3. The van der Waals surface area contributed by atoms with E-state index < -0.39 is 0 Å². The van der Waals surface area contributed by atoms with Gasteiger partial charge in [0.2, 0.25) is 0 Å². The normalized spacial score (nSPS) is 11.0. The summed E-state index contributed by atoms with van der Waals surface area (Å²) in [5, 5.41) is 8.46. The fourth-order valence-electron chi connectivity index (χ4n) is 2.93. The van der Waals surface area contributed by atoms with Crippen LogP contribution < -0.4 is 5.32 Å². The minimum Gasteiger partial charge on any atom is -0.352 e. The van der Waals surface area contributed by atoms with Crippen LogP contribution in [0.3, 0.4) is 0 Å². The van der Waals surface area contributed by atoms with Crippen LogP contribution in [0.1, 0.15) is 47.1 Å². The first kappa shape index (κ1) is 17.1. The van der Waals surface area contributed by atoms with E-state index in [1.54, 1.807) is 0 Å². The fraction of sp³-hybridized carbons (Fsp3) is 0.350. The van der Waals surface area contributed by atoms with Crippen molar-refractivity contribution in [2.75, 3.05) is 6.54 Å². The third kappa shape index (κ3) is 3.40. The molecule has 0 atom stereocenters. The molecule has 3 rings (SSSR count). The van der Waals surface area contributed by atoms with E-state index in [9.17, 15) is 4.79 Å². The maximum Gasteiger partial charge on any atom is 0.252 e. The maximum absolute atomic E-state index is 12.7. The molecule has 5 heteroatoms. The van der Waals surface area contributed by atoms with Crippen molar-refractivity contribution in [3.05, 3.63) is 52.8 Å². The highest BCUT2D eigenvalue weighted by atomic mass is 16.1. The summed E-state index contributed by atoms with van der Waals surface area (Å²) in [5.41, 5.74) is 5.12. The van der Waals surface area contributed by atoms with Crippen molar-refractivity contribution in [2.45, 2.75) is 40.5 Å². The van der Waals surface area contributed by atoms with Gasteiger partial charge >= 0.3 is 0 Å². The van der Waals surface area contributed by atoms with Crippen LogP contribution in [0.4, 0.5) is 0 Å². The fourth-order valence-corrected chi connectivity index (χ4v) is 2.93. The van der Waals surface area contributed by atoms with E-state index in [0.29, 0.717) is 12.1 Å². The van der Waals surface area contributed by atoms with Gasteiger partial charge in [-0.05, 0) is 45.4 Å². The van der Waals surface area contributed by atoms with Gasteiger partial charge in [0.05, 0.1) is 22.3 Å². The molecule has 0 saturated heterocycles. The number of amides is 1. The Morgan fingerprint density at radius 2 is 1.88 bits per heavy atom. The lowest BCUT2D eigenvalue weighted by Gasteiger charge is -2.08. The van der Waals surface area contributed by atoms with Crippen molar-refractivity contribution in [1.29, 1.82) is 0 Å². The molecular formula is C20H24N4O. The summed E-state index contributed by atoms with van der Waals surface area (Å²) >= 11 is 0. The zero-order chi connectivity index (χ0) is 18.0. The molecule has 2 aromatic heterocycles. The third-order valence-corrected chi connectivity index (χ3v) is 4.28.